The Morgan fingerprint density at radius 2 is 1.62 bits per heavy atom. The summed E-state index contributed by atoms with van der Waals surface area (Å²) < 4.78 is 0. The van der Waals surface area contributed by atoms with Crippen molar-refractivity contribution in [3.8, 4) is 11.3 Å². The number of aromatic nitrogens is 1. The summed E-state index contributed by atoms with van der Waals surface area (Å²) in [4.78, 5) is 20.0. The SMILES string of the molecule is CCN(CC)c1ccc(/C=N\NC(=O)c2cc(-c3ccccc3)nc3ccccc23)cc1. The van der Waals surface area contributed by atoms with Gasteiger partial charge in [-0.1, -0.05) is 60.7 Å². The van der Waals surface area contributed by atoms with Gasteiger partial charge in [0.2, 0.25) is 0 Å². The molecule has 160 valence electrons. The summed E-state index contributed by atoms with van der Waals surface area (Å²) in [7, 11) is 0. The van der Waals surface area contributed by atoms with E-state index in [0.29, 0.717) is 5.56 Å². The van der Waals surface area contributed by atoms with Gasteiger partial charge < -0.3 is 4.90 Å². The molecule has 1 N–H and O–H groups in total. The van der Waals surface area contributed by atoms with Gasteiger partial charge in [-0.15, -0.1) is 0 Å². The van der Waals surface area contributed by atoms with Crippen LogP contribution >= 0.6 is 0 Å². The number of rotatable bonds is 7. The highest BCUT2D eigenvalue weighted by atomic mass is 16.2. The smallest absolute Gasteiger partial charge is 0.272 e. The summed E-state index contributed by atoms with van der Waals surface area (Å²) in [6.07, 6.45) is 1.66. The second-order valence-electron chi connectivity index (χ2n) is 7.40. The predicted molar refractivity (Wildman–Crippen MR) is 132 cm³/mol. The molecule has 1 aromatic heterocycles. The van der Waals surface area contributed by atoms with Gasteiger partial charge in [-0.25, -0.2) is 10.4 Å². The summed E-state index contributed by atoms with van der Waals surface area (Å²) in [5.41, 5.74) is 7.80. The fraction of sp³-hybridized carbons (Fsp3) is 0.148. The molecule has 0 spiro atoms. The first-order chi connectivity index (χ1) is 15.7. The topological polar surface area (TPSA) is 57.6 Å². The first kappa shape index (κ1) is 21.2. The number of pyridine rings is 1. The van der Waals surface area contributed by atoms with Crippen molar-refractivity contribution in [3.63, 3.8) is 0 Å². The van der Waals surface area contributed by atoms with E-state index >= 15 is 0 Å². The van der Waals surface area contributed by atoms with Crippen LogP contribution in [0.5, 0.6) is 0 Å². The van der Waals surface area contributed by atoms with Gasteiger partial charge in [-0.05, 0) is 43.7 Å². The van der Waals surface area contributed by atoms with Crippen LogP contribution in [0.2, 0.25) is 0 Å². The summed E-state index contributed by atoms with van der Waals surface area (Å²) in [5, 5.41) is 4.98. The molecule has 0 aliphatic heterocycles. The van der Waals surface area contributed by atoms with Crippen molar-refractivity contribution < 1.29 is 4.79 Å². The van der Waals surface area contributed by atoms with E-state index in [1.165, 1.54) is 5.69 Å². The summed E-state index contributed by atoms with van der Waals surface area (Å²) in [6.45, 7) is 6.20. The van der Waals surface area contributed by atoms with Crippen LogP contribution in [0.1, 0.15) is 29.8 Å². The van der Waals surface area contributed by atoms with Gasteiger partial charge in [0.15, 0.2) is 0 Å². The molecular weight excluding hydrogens is 396 g/mol. The Kier molecular flexibility index (Phi) is 6.56. The Balaban J connectivity index is 1.56. The van der Waals surface area contributed by atoms with Crippen molar-refractivity contribution in [2.45, 2.75) is 13.8 Å². The van der Waals surface area contributed by atoms with Crippen molar-refractivity contribution in [1.82, 2.24) is 10.4 Å². The van der Waals surface area contributed by atoms with Crippen LogP contribution in [-0.2, 0) is 0 Å². The van der Waals surface area contributed by atoms with Gasteiger partial charge in [0.05, 0.1) is 23.0 Å². The Bertz CT molecular complexity index is 1230. The van der Waals surface area contributed by atoms with E-state index in [4.69, 9.17) is 4.98 Å². The molecule has 0 radical (unpaired) electrons. The molecule has 0 fully saturated rings. The largest absolute Gasteiger partial charge is 0.372 e. The number of anilines is 1. The Morgan fingerprint density at radius 1 is 0.938 bits per heavy atom. The average Bonchev–Trinajstić information content (AvgIpc) is 2.85. The molecule has 0 saturated heterocycles. The number of hydrogen-bond acceptors (Lipinski definition) is 4. The molecule has 5 nitrogen and oxygen atoms in total. The van der Waals surface area contributed by atoms with Crippen molar-refractivity contribution in [1.29, 1.82) is 0 Å². The zero-order chi connectivity index (χ0) is 22.3. The van der Waals surface area contributed by atoms with Crippen molar-refractivity contribution in [2.24, 2.45) is 5.10 Å². The predicted octanol–water partition coefficient (Wildman–Crippen LogP) is 5.51. The third-order valence-electron chi connectivity index (χ3n) is 5.43. The second-order valence-corrected chi connectivity index (χ2v) is 7.40. The van der Waals surface area contributed by atoms with Crippen LogP contribution < -0.4 is 10.3 Å². The van der Waals surface area contributed by atoms with E-state index in [1.54, 1.807) is 6.21 Å². The Hall–Kier alpha value is -3.99. The maximum atomic E-state index is 13.0. The maximum Gasteiger partial charge on any atom is 0.272 e. The maximum absolute atomic E-state index is 13.0. The number of benzene rings is 3. The first-order valence-electron chi connectivity index (χ1n) is 10.8. The minimum atomic E-state index is -0.267. The monoisotopic (exact) mass is 422 g/mol. The highest BCUT2D eigenvalue weighted by Crippen LogP contribution is 2.24. The normalized spacial score (nSPS) is 11.1. The summed E-state index contributed by atoms with van der Waals surface area (Å²) in [6, 6.07) is 27.5. The van der Waals surface area contributed by atoms with Crippen LogP contribution in [0.3, 0.4) is 0 Å². The fourth-order valence-electron chi connectivity index (χ4n) is 3.71. The molecule has 0 saturated carbocycles. The van der Waals surface area contributed by atoms with Crippen LogP contribution in [0.15, 0.2) is 90.0 Å². The van der Waals surface area contributed by atoms with Crippen LogP contribution in [0.25, 0.3) is 22.2 Å². The minimum Gasteiger partial charge on any atom is -0.372 e. The quantitative estimate of drug-likeness (QED) is 0.315. The van der Waals surface area contributed by atoms with E-state index in [-0.39, 0.29) is 5.91 Å². The van der Waals surface area contributed by atoms with E-state index in [1.807, 2.05) is 72.8 Å². The highest BCUT2D eigenvalue weighted by molar-refractivity contribution is 6.07. The first-order valence-corrected chi connectivity index (χ1v) is 10.8. The third kappa shape index (κ3) is 4.67. The molecule has 4 aromatic rings. The van der Waals surface area contributed by atoms with Crippen molar-refractivity contribution in [3.05, 3.63) is 96.1 Å². The van der Waals surface area contributed by atoms with Gasteiger partial charge in [-0.2, -0.15) is 5.10 Å². The number of hydrazone groups is 1. The molecular formula is C27H26N4O. The van der Waals surface area contributed by atoms with Gasteiger partial charge in [0.25, 0.3) is 5.91 Å². The lowest BCUT2D eigenvalue weighted by Gasteiger charge is -2.20. The van der Waals surface area contributed by atoms with Gasteiger partial charge >= 0.3 is 0 Å². The standard InChI is InChI=1S/C27H26N4O/c1-3-31(4-2)22-16-14-20(15-17-22)19-28-30-27(32)24-18-26(21-10-6-5-7-11-21)29-25-13-9-8-12-23(24)25/h5-19H,3-4H2,1-2H3,(H,30,32)/b28-19-. The van der Waals surface area contributed by atoms with E-state index in [2.05, 4.69) is 41.4 Å². The van der Waals surface area contributed by atoms with Gasteiger partial charge in [0.1, 0.15) is 0 Å². The Morgan fingerprint density at radius 3 is 2.34 bits per heavy atom. The molecule has 1 heterocycles. The van der Waals surface area contributed by atoms with Crippen LogP contribution in [-0.4, -0.2) is 30.2 Å². The Labute approximate surface area is 188 Å². The van der Waals surface area contributed by atoms with Crippen LogP contribution in [0, 0.1) is 0 Å². The van der Waals surface area contributed by atoms with Crippen molar-refractivity contribution >= 4 is 28.7 Å². The number of fused-ring (bicyclic) bond motifs is 1. The van der Waals surface area contributed by atoms with E-state index < -0.39 is 0 Å². The number of nitrogens with zero attached hydrogens (tertiary/aromatic N) is 3. The molecule has 0 bridgehead atoms. The zero-order valence-corrected chi connectivity index (χ0v) is 18.3. The number of carbonyl (C=O) groups excluding carboxylic acids is 1. The molecule has 0 atom stereocenters. The number of nitrogens with one attached hydrogen (secondary N) is 1. The second kappa shape index (κ2) is 9.88. The lowest BCUT2D eigenvalue weighted by molar-refractivity contribution is 0.0956. The van der Waals surface area contributed by atoms with E-state index in [0.717, 1.165) is 40.8 Å². The lowest BCUT2D eigenvalue weighted by atomic mass is 10.0. The molecule has 0 unspecified atom stereocenters. The lowest BCUT2D eigenvalue weighted by Crippen LogP contribution is -2.21. The molecule has 5 heteroatoms. The number of carbonyl (C=O) groups is 1. The summed E-state index contributed by atoms with van der Waals surface area (Å²) in [5.74, 6) is -0.267. The van der Waals surface area contributed by atoms with Gasteiger partial charge in [0, 0.05) is 29.7 Å². The zero-order valence-electron chi connectivity index (χ0n) is 18.3. The van der Waals surface area contributed by atoms with Crippen LogP contribution in [0.4, 0.5) is 5.69 Å². The summed E-state index contributed by atoms with van der Waals surface area (Å²) >= 11 is 0. The van der Waals surface area contributed by atoms with E-state index in [9.17, 15) is 4.79 Å². The fourth-order valence-corrected chi connectivity index (χ4v) is 3.71. The van der Waals surface area contributed by atoms with Crippen molar-refractivity contribution in [2.75, 3.05) is 18.0 Å². The molecule has 4 rings (SSSR count). The minimum absolute atomic E-state index is 0.267. The molecule has 1 amide bonds. The number of hydrogen-bond donors (Lipinski definition) is 1. The molecule has 0 aliphatic carbocycles. The molecule has 0 aliphatic rings. The molecule has 3 aromatic carbocycles. The number of amides is 1. The number of para-hydroxylation sites is 1. The average molecular weight is 423 g/mol. The molecule has 32 heavy (non-hydrogen) atoms. The van der Waals surface area contributed by atoms with Gasteiger partial charge in [-0.3, -0.25) is 4.79 Å². The highest BCUT2D eigenvalue weighted by Gasteiger charge is 2.13. The third-order valence-corrected chi connectivity index (χ3v) is 5.43.